The molecule has 1 heterocycles. The van der Waals surface area contributed by atoms with Crippen LogP contribution in [-0.2, 0) is 0 Å². The van der Waals surface area contributed by atoms with E-state index < -0.39 is 4.92 Å². The lowest BCUT2D eigenvalue weighted by Gasteiger charge is -2.14. The molecule has 2 aromatic rings. The molecule has 0 aromatic heterocycles. The van der Waals surface area contributed by atoms with E-state index in [0.717, 1.165) is 0 Å². The molecule has 3 rings (SSSR count). The first-order valence-electron chi connectivity index (χ1n) is 7.41. The molecule has 7 heteroatoms. The largest absolute Gasteiger partial charge is 0.487 e. The average Bonchev–Trinajstić information content (AvgIpc) is 2.84. The summed E-state index contributed by atoms with van der Waals surface area (Å²) >= 11 is 0. The molecule has 7 nitrogen and oxygen atoms in total. The number of carbonyl (C=O) groups excluding carboxylic acids is 2. The topological polar surface area (TPSA) is 89.8 Å². The molecule has 1 aliphatic rings. The lowest BCUT2D eigenvalue weighted by molar-refractivity contribution is -0.385. The first kappa shape index (κ1) is 15.7. The minimum absolute atomic E-state index is 0.113. The van der Waals surface area contributed by atoms with Crippen LogP contribution in [0.5, 0.6) is 5.75 Å². The molecule has 0 saturated carbocycles. The molecule has 1 aliphatic heterocycles. The third-order valence-electron chi connectivity index (χ3n) is 3.72. The predicted octanol–water partition coefficient (Wildman–Crippen LogP) is 2.66. The number of ether oxygens (including phenoxy) is 1. The number of carbonyl (C=O) groups is 2. The van der Waals surface area contributed by atoms with Gasteiger partial charge in [-0.1, -0.05) is 24.3 Å². The van der Waals surface area contributed by atoms with Crippen molar-refractivity contribution in [3.8, 4) is 5.75 Å². The van der Waals surface area contributed by atoms with Crippen molar-refractivity contribution in [1.29, 1.82) is 0 Å². The van der Waals surface area contributed by atoms with Gasteiger partial charge >= 0.3 is 5.69 Å². The third-order valence-corrected chi connectivity index (χ3v) is 3.72. The highest BCUT2D eigenvalue weighted by Crippen LogP contribution is 2.26. The van der Waals surface area contributed by atoms with Crippen LogP contribution >= 0.6 is 0 Å². The van der Waals surface area contributed by atoms with E-state index in [1.165, 1.54) is 17.0 Å². The van der Waals surface area contributed by atoms with Gasteiger partial charge in [0.2, 0.25) is 0 Å². The zero-order chi connectivity index (χ0) is 17.1. The van der Waals surface area contributed by atoms with E-state index in [-0.39, 0.29) is 36.4 Å². The number of nitro groups is 1. The molecule has 0 atom stereocenters. The van der Waals surface area contributed by atoms with E-state index in [4.69, 9.17) is 4.74 Å². The number of nitrogens with zero attached hydrogens (tertiary/aromatic N) is 2. The van der Waals surface area contributed by atoms with Gasteiger partial charge in [0.1, 0.15) is 0 Å². The molecule has 2 aromatic carbocycles. The molecule has 0 aliphatic carbocycles. The number of hydrogen-bond acceptors (Lipinski definition) is 5. The van der Waals surface area contributed by atoms with Crippen LogP contribution < -0.4 is 4.74 Å². The minimum atomic E-state index is -0.514. The highest BCUT2D eigenvalue weighted by atomic mass is 16.6. The number of imide groups is 1. The standard InChI is InChI=1S/C17H14N2O5/c20-16-12-6-1-2-7-13(12)17(21)18(16)10-5-11-24-15-9-4-3-8-14(15)19(22)23/h1-4,6-9H,5,10-11H2. The molecule has 122 valence electrons. The van der Waals surface area contributed by atoms with Crippen LogP contribution in [0.25, 0.3) is 0 Å². The van der Waals surface area contributed by atoms with E-state index in [2.05, 4.69) is 0 Å². The number of amides is 2. The number of fused-ring (bicyclic) bond motifs is 1. The van der Waals surface area contributed by atoms with E-state index in [1.807, 2.05) is 0 Å². The number of hydrogen-bond donors (Lipinski definition) is 0. The van der Waals surface area contributed by atoms with Gasteiger partial charge < -0.3 is 4.74 Å². The second-order valence-corrected chi connectivity index (χ2v) is 5.23. The van der Waals surface area contributed by atoms with Crippen molar-refractivity contribution in [2.45, 2.75) is 6.42 Å². The average molecular weight is 326 g/mol. The Balaban J connectivity index is 1.58. The second kappa shape index (κ2) is 6.49. The molecular weight excluding hydrogens is 312 g/mol. The van der Waals surface area contributed by atoms with Crippen LogP contribution in [0.15, 0.2) is 48.5 Å². The Morgan fingerprint density at radius 2 is 1.54 bits per heavy atom. The van der Waals surface area contributed by atoms with Gasteiger partial charge in [-0.15, -0.1) is 0 Å². The maximum atomic E-state index is 12.2. The number of benzene rings is 2. The Hall–Kier alpha value is -3.22. The molecule has 2 amide bonds. The van der Waals surface area contributed by atoms with Crippen LogP contribution in [-0.4, -0.2) is 34.8 Å². The summed E-state index contributed by atoms with van der Waals surface area (Å²) in [5, 5.41) is 10.9. The highest BCUT2D eigenvalue weighted by Gasteiger charge is 2.34. The zero-order valence-corrected chi connectivity index (χ0v) is 12.7. The fraction of sp³-hybridized carbons (Fsp3) is 0.176. The van der Waals surface area contributed by atoms with Crippen molar-refractivity contribution in [3.05, 3.63) is 69.8 Å². The van der Waals surface area contributed by atoms with Gasteiger partial charge in [-0.25, -0.2) is 0 Å². The van der Waals surface area contributed by atoms with Gasteiger partial charge in [0, 0.05) is 12.6 Å². The van der Waals surface area contributed by atoms with E-state index in [1.54, 1.807) is 36.4 Å². The molecule has 0 unspecified atom stereocenters. The van der Waals surface area contributed by atoms with Crippen molar-refractivity contribution in [1.82, 2.24) is 4.90 Å². The first-order valence-corrected chi connectivity index (χ1v) is 7.41. The fourth-order valence-corrected chi connectivity index (χ4v) is 2.58. The number of para-hydroxylation sites is 2. The predicted molar refractivity (Wildman–Crippen MR) is 85.0 cm³/mol. The van der Waals surface area contributed by atoms with Crippen LogP contribution in [0.1, 0.15) is 27.1 Å². The summed E-state index contributed by atoms with van der Waals surface area (Å²) in [6.07, 6.45) is 0.386. The summed E-state index contributed by atoms with van der Waals surface area (Å²) in [5.74, 6) is -0.465. The Morgan fingerprint density at radius 1 is 0.958 bits per heavy atom. The smallest absolute Gasteiger partial charge is 0.310 e. The normalized spacial score (nSPS) is 13.1. The van der Waals surface area contributed by atoms with Gasteiger partial charge in [-0.3, -0.25) is 24.6 Å². The van der Waals surface area contributed by atoms with Gasteiger partial charge in [-0.2, -0.15) is 0 Å². The van der Waals surface area contributed by atoms with E-state index in [9.17, 15) is 19.7 Å². The van der Waals surface area contributed by atoms with Crippen molar-refractivity contribution in [2.75, 3.05) is 13.2 Å². The maximum Gasteiger partial charge on any atom is 0.310 e. The molecule has 0 radical (unpaired) electrons. The quantitative estimate of drug-likeness (QED) is 0.352. The number of nitro benzene ring substituents is 1. The molecule has 0 saturated heterocycles. The zero-order valence-electron chi connectivity index (χ0n) is 12.7. The minimum Gasteiger partial charge on any atom is -0.487 e. The van der Waals surface area contributed by atoms with Crippen LogP contribution in [0.2, 0.25) is 0 Å². The maximum absolute atomic E-state index is 12.2. The molecule has 0 bridgehead atoms. The third kappa shape index (κ3) is 2.83. The molecule has 0 N–H and O–H groups in total. The second-order valence-electron chi connectivity index (χ2n) is 5.23. The molecule has 0 fully saturated rings. The summed E-state index contributed by atoms with van der Waals surface area (Å²) in [6, 6.07) is 12.8. The Bertz CT molecular complexity index is 783. The van der Waals surface area contributed by atoms with Crippen molar-refractivity contribution < 1.29 is 19.2 Å². The van der Waals surface area contributed by atoms with Gasteiger partial charge in [0.15, 0.2) is 5.75 Å². The molecule has 0 spiro atoms. The van der Waals surface area contributed by atoms with Crippen molar-refractivity contribution in [3.63, 3.8) is 0 Å². The van der Waals surface area contributed by atoms with E-state index in [0.29, 0.717) is 17.5 Å². The molecule has 24 heavy (non-hydrogen) atoms. The van der Waals surface area contributed by atoms with Crippen LogP contribution in [0.4, 0.5) is 5.69 Å². The van der Waals surface area contributed by atoms with E-state index >= 15 is 0 Å². The summed E-state index contributed by atoms with van der Waals surface area (Å²) in [4.78, 5) is 35.9. The summed E-state index contributed by atoms with van der Waals surface area (Å²) < 4.78 is 5.41. The monoisotopic (exact) mass is 326 g/mol. The summed E-state index contributed by atoms with van der Waals surface area (Å²) in [6.45, 7) is 0.366. The fourth-order valence-electron chi connectivity index (χ4n) is 2.58. The van der Waals surface area contributed by atoms with Crippen LogP contribution in [0.3, 0.4) is 0 Å². The molecular formula is C17H14N2O5. The lowest BCUT2D eigenvalue weighted by atomic mass is 10.1. The Kier molecular flexibility index (Phi) is 4.24. The SMILES string of the molecule is O=C1c2ccccc2C(=O)N1CCCOc1ccccc1[N+](=O)[O-]. The lowest BCUT2D eigenvalue weighted by Crippen LogP contribution is -2.31. The summed E-state index contributed by atoms with van der Waals surface area (Å²) in [7, 11) is 0. The van der Waals surface area contributed by atoms with Gasteiger partial charge in [0.25, 0.3) is 11.8 Å². The van der Waals surface area contributed by atoms with Crippen LogP contribution in [0, 0.1) is 10.1 Å². The summed E-state index contributed by atoms with van der Waals surface area (Å²) in [5.41, 5.74) is 0.697. The first-order chi connectivity index (χ1) is 11.6. The highest BCUT2D eigenvalue weighted by molar-refractivity contribution is 6.21. The van der Waals surface area contributed by atoms with Gasteiger partial charge in [0.05, 0.1) is 22.7 Å². The Morgan fingerprint density at radius 3 is 2.17 bits per heavy atom. The number of rotatable bonds is 6. The van der Waals surface area contributed by atoms with Gasteiger partial charge in [-0.05, 0) is 24.6 Å². The van der Waals surface area contributed by atoms with Crippen molar-refractivity contribution >= 4 is 17.5 Å². The Labute approximate surface area is 137 Å². The van der Waals surface area contributed by atoms with Crippen molar-refractivity contribution in [2.24, 2.45) is 0 Å².